The van der Waals surface area contributed by atoms with Gasteiger partial charge in [-0.3, -0.25) is 0 Å². The molecule has 15 nitrogen and oxygen atoms in total. The topological polar surface area (TPSA) is 255 Å². The average molecular weight is 526 g/mol. The number of rotatable bonds is 10. The zero-order chi connectivity index (χ0) is 26.7. The van der Waals surface area contributed by atoms with E-state index in [-0.39, 0.29) is 6.54 Å². The lowest BCUT2D eigenvalue weighted by Crippen LogP contribution is -2.64. The highest BCUT2D eigenvalue weighted by atomic mass is 16.8. The van der Waals surface area contributed by atoms with Crippen LogP contribution in [0.2, 0.25) is 0 Å². The molecule has 3 aliphatic rings. The van der Waals surface area contributed by atoms with Crippen molar-refractivity contribution in [2.45, 2.75) is 92.1 Å². The molecule has 14 atom stereocenters. The summed E-state index contributed by atoms with van der Waals surface area (Å²) in [7, 11) is 3.77. The van der Waals surface area contributed by atoms with Gasteiger partial charge in [-0.2, -0.15) is 0 Å². The van der Waals surface area contributed by atoms with Crippen molar-refractivity contribution >= 4 is 0 Å². The fourth-order valence-corrected chi connectivity index (χ4v) is 4.73. The van der Waals surface area contributed by atoms with E-state index < -0.39 is 92.2 Å². The summed E-state index contributed by atoms with van der Waals surface area (Å²) in [5.74, 6) is 0. The fourth-order valence-electron chi connectivity index (χ4n) is 4.73. The Balaban J connectivity index is 1.71. The second kappa shape index (κ2) is 13.0. The molecule has 0 unspecified atom stereocenters. The number of aliphatic hydroxyl groups excluding tert-OH is 5. The summed E-state index contributed by atoms with van der Waals surface area (Å²) in [5.41, 5.74) is 23.9. The molecule has 0 aromatic carbocycles. The molecule has 0 aromatic heterocycles. The molecule has 36 heavy (non-hydrogen) atoms. The van der Waals surface area contributed by atoms with Gasteiger partial charge in [0.25, 0.3) is 0 Å². The summed E-state index contributed by atoms with van der Waals surface area (Å²) in [6.45, 7) is 0.262. The SMILES string of the molecule is CN(C)CCO[C@H]1[C@H](O[C@@H]2O[C@H](CO)[C@@H](O[C@@H]3O[C@H](CN)[C@H](O)[C@@H](O)[C@@H]3N)[C@H]2O)[C@@H](O)[C@H](N)C[C@@H]1N. The third-order valence-corrected chi connectivity index (χ3v) is 6.95. The number of nitrogens with zero attached hydrogens (tertiary/aromatic N) is 1. The number of hydrogen-bond acceptors (Lipinski definition) is 15. The standard InChI is InChI=1S/C21H43N5O10/c1-26(2)3-4-32-17-9(24)5-8(23)13(28)19(17)36-21-16(31)18(11(7-27)34-21)35-20-12(25)15(30)14(29)10(6-22)33-20/h8-21,27-31H,3-7,22-25H2,1-2H3/t8-,9+,10-,11-,12+,13+,14+,15+,16-,17-,18-,19-,20+,21+/m1/s1. The van der Waals surface area contributed by atoms with E-state index >= 15 is 0 Å². The Morgan fingerprint density at radius 3 is 2.06 bits per heavy atom. The van der Waals surface area contributed by atoms with Crippen LogP contribution >= 0.6 is 0 Å². The Morgan fingerprint density at radius 1 is 0.806 bits per heavy atom. The van der Waals surface area contributed by atoms with Gasteiger partial charge in [0.2, 0.25) is 0 Å². The molecule has 0 amide bonds. The van der Waals surface area contributed by atoms with Crippen molar-refractivity contribution in [2.24, 2.45) is 22.9 Å². The number of hydrogen-bond donors (Lipinski definition) is 9. The second-order valence-electron chi connectivity index (χ2n) is 9.95. The lowest BCUT2D eigenvalue weighted by Gasteiger charge is -2.43. The van der Waals surface area contributed by atoms with Gasteiger partial charge in [0, 0.05) is 25.2 Å². The van der Waals surface area contributed by atoms with Gasteiger partial charge in [0.1, 0.15) is 48.8 Å². The molecular weight excluding hydrogens is 482 g/mol. The third-order valence-electron chi connectivity index (χ3n) is 6.95. The van der Waals surface area contributed by atoms with Crippen LogP contribution in [0.3, 0.4) is 0 Å². The molecule has 2 heterocycles. The fraction of sp³-hybridized carbons (Fsp3) is 1.00. The molecule has 0 bridgehead atoms. The largest absolute Gasteiger partial charge is 0.394 e. The molecule has 15 heteroatoms. The summed E-state index contributed by atoms with van der Waals surface area (Å²) in [4.78, 5) is 1.92. The maximum absolute atomic E-state index is 11.0. The summed E-state index contributed by atoms with van der Waals surface area (Å²) >= 11 is 0. The molecule has 1 aliphatic carbocycles. The van der Waals surface area contributed by atoms with Crippen LogP contribution in [0.5, 0.6) is 0 Å². The maximum atomic E-state index is 11.0. The normalized spacial score (nSPS) is 48.0. The minimum Gasteiger partial charge on any atom is -0.394 e. The first-order chi connectivity index (χ1) is 17.0. The minimum atomic E-state index is -1.46. The van der Waals surface area contributed by atoms with Crippen LogP contribution in [-0.2, 0) is 23.7 Å². The lowest BCUT2D eigenvalue weighted by molar-refractivity contribution is -0.280. The molecule has 13 N–H and O–H groups in total. The predicted octanol–water partition coefficient (Wildman–Crippen LogP) is -6.07. The zero-order valence-corrected chi connectivity index (χ0v) is 20.7. The smallest absolute Gasteiger partial charge is 0.187 e. The molecule has 3 fully saturated rings. The van der Waals surface area contributed by atoms with Crippen LogP contribution in [0.25, 0.3) is 0 Å². The highest BCUT2D eigenvalue weighted by Crippen LogP contribution is 2.32. The first-order valence-corrected chi connectivity index (χ1v) is 12.2. The van der Waals surface area contributed by atoms with Gasteiger partial charge in [-0.15, -0.1) is 0 Å². The summed E-state index contributed by atoms with van der Waals surface area (Å²) in [5, 5.41) is 51.9. The van der Waals surface area contributed by atoms with E-state index in [9.17, 15) is 25.5 Å². The Morgan fingerprint density at radius 2 is 1.44 bits per heavy atom. The van der Waals surface area contributed by atoms with Crippen molar-refractivity contribution < 1.29 is 49.2 Å². The van der Waals surface area contributed by atoms with Crippen molar-refractivity contribution in [1.82, 2.24) is 4.90 Å². The molecule has 1 saturated carbocycles. The van der Waals surface area contributed by atoms with Crippen LogP contribution in [0, 0.1) is 0 Å². The Bertz CT molecular complexity index is 681. The highest BCUT2D eigenvalue weighted by Gasteiger charge is 2.52. The highest BCUT2D eigenvalue weighted by molar-refractivity contribution is 5.00. The molecule has 0 aromatic rings. The van der Waals surface area contributed by atoms with Crippen molar-refractivity contribution in [3.8, 4) is 0 Å². The van der Waals surface area contributed by atoms with Crippen molar-refractivity contribution in [3.63, 3.8) is 0 Å². The van der Waals surface area contributed by atoms with Gasteiger partial charge in [-0.25, -0.2) is 0 Å². The van der Waals surface area contributed by atoms with Gasteiger partial charge >= 0.3 is 0 Å². The van der Waals surface area contributed by atoms with Crippen molar-refractivity contribution in [3.05, 3.63) is 0 Å². The number of aliphatic hydroxyl groups is 5. The van der Waals surface area contributed by atoms with Gasteiger partial charge in [0.05, 0.1) is 25.4 Å². The number of likely N-dealkylation sites (N-methyl/N-ethyl adjacent to an activating group) is 1. The van der Waals surface area contributed by atoms with Crippen LogP contribution in [0.15, 0.2) is 0 Å². The Labute approximate surface area is 210 Å². The van der Waals surface area contributed by atoms with Gasteiger partial charge < -0.3 is 77.1 Å². The monoisotopic (exact) mass is 525 g/mol. The predicted molar refractivity (Wildman–Crippen MR) is 124 cm³/mol. The molecule has 0 spiro atoms. The van der Waals surface area contributed by atoms with Crippen LogP contribution in [0.4, 0.5) is 0 Å². The minimum absolute atomic E-state index is 0.112. The lowest BCUT2D eigenvalue weighted by atomic mass is 9.84. The third kappa shape index (κ3) is 6.51. The van der Waals surface area contributed by atoms with E-state index in [1.807, 2.05) is 19.0 Å². The Hall–Kier alpha value is -0.600. The molecule has 2 saturated heterocycles. The quantitative estimate of drug-likeness (QED) is 0.129. The van der Waals surface area contributed by atoms with E-state index in [1.54, 1.807) is 0 Å². The second-order valence-corrected chi connectivity index (χ2v) is 9.95. The summed E-state index contributed by atoms with van der Waals surface area (Å²) in [6.07, 6.45) is -12.6. The van der Waals surface area contributed by atoms with Gasteiger partial charge in [-0.1, -0.05) is 0 Å². The zero-order valence-electron chi connectivity index (χ0n) is 20.7. The average Bonchev–Trinajstić information content (AvgIpc) is 3.13. The molecule has 3 rings (SSSR count). The molecule has 2 aliphatic heterocycles. The van der Waals surface area contributed by atoms with Crippen LogP contribution in [0.1, 0.15) is 6.42 Å². The van der Waals surface area contributed by atoms with E-state index in [4.69, 9.17) is 46.6 Å². The summed E-state index contributed by atoms with van der Waals surface area (Å²) < 4.78 is 28.9. The Kier molecular flexibility index (Phi) is 10.8. The van der Waals surface area contributed by atoms with Crippen LogP contribution in [-0.4, -0.2) is 156 Å². The molecule has 0 radical (unpaired) electrons. The van der Waals surface area contributed by atoms with E-state index in [0.717, 1.165) is 0 Å². The summed E-state index contributed by atoms with van der Waals surface area (Å²) in [6, 6.07) is -2.39. The molecule has 212 valence electrons. The van der Waals surface area contributed by atoms with Gasteiger partial charge in [0.15, 0.2) is 12.6 Å². The number of ether oxygens (including phenoxy) is 5. The van der Waals surface area contributed by atoms with E-state index in [2.05, 4.69) is 0 Å². The molecular formula is C21H43N5O10. The number of nitrogens with two attached hydrogens (primary N) is 4. The maximum Gasteiger partial charge on any atom is 0.187 e. The van der Waals surface area contributed by atoms with E-state index in [0.29, 0.717) is 19.6 Å². The van der Waals surface area contributed by atoms with Crippen molar-refractivity contribution in [1.29, 1.82) is 0 Å². The van der Waals surface area contributed by atoms with Gasteiger partial charge in [-0.05, 0) is 20.5 Å². The van der Waals surface area contributed by atoms with Crippen molar-refractivity contribution in [2.75, 3.05) is 40.4 Å². The first-order valence-electron chi connectivity index (χ1n) is 12.2. The first kappa shape index (κ1) is 29.9. The van der Waals surface area contributed by atoms with E-state index in [1.165, 1.54) is 0 Å². The van der Waals surface area contributed by atoms with Crippen LogP contribution < -0.4 is 22.9 Å².